The molecule has 0 bridgehead atoms. The molecule has 0 aliphatic carbocycles. The first-order valence-electron chi connectivity index (χ1n) is 21.0. The summed E-state index contributed by atoms with van der Waals surface area (Å²) in [5.41, 5.74) is 0. The van der Waals surface area contributed by atoms with Crippen molar-refractivity contribution in [3.8, 4) is 0 Å². The van der Waals surface area contributed by atoms with Gasteiger partial charge in [-0.25, -0.2) is 0 Å². The van der Waals surface area contributed by atoms with E-state index in [1.54, 1.807) is 0 Å². The van der Waals surface area contributed by atoms with Crippen LogP contribution in [0.5, 0.6) is 0 Å². The van der Waals surface area contributed by atoms with Gasteiger partial charge >= 0.3 is 0 Å². The van der Waals surface area contributed by atoms with Crippen molar-refractivity contribution < 1.29 is 154 Å². The zero-order valence-electron chi connectivity index (χ0n) is 35.3. The Morgan fingerprint density at radius 2 is 0.567 bits per heavy atom. The van der Waals surface area contributed by atoms with Crippen LogP contribution < -0.4 is 0 Å². The molecule has 20 N–H and O–H groups in total. The molecular formula is C36H62O31. The van der Waals surface area contributed by atoms with Crippen molar-refractivity contribution in [2.75, 3.05) is 72.7 Å². The number of aliphatic hydroxyl groups excluding tert-OH is 20. The maximum absolute atomic E-state index is 11.5. The van der Waals surface area contributed by atoms with Crippen molar-refractivity contribution >= 4 is 0 Å². The standard InChI is InChI=1S/C36H62O31/c37-1-12-18(44)24(50)25(51)31(61-12)67-36(30(56)23(49)17(6-42)66-36)11-60-35(29(55)22(48)16(5-41)65-35)10-59-34(28(54)21(47)15(4-40)64-34)9-58-33(27(53)20(46)14(3-39)63-33)8-57-32(7-43)26(52)19(45)13(2-38)62-32/h12-31,37-56H,1-11H2/t12-,13-,14-,15-,16-,17-,18-,19-,20-,21-,22-,23-,24+,25-,26+,27+,28+,29+,30+,31-,32-,33-,34-,35-,36+/m1/s1. The van der Waals surface area contributed by atoms with Gasteiger partial charge in [-0.1, -0.05) is 0 Å². The molecule has 31 nitrogen and oxygen atoms in total. The smallest absolute Gasteiger partial charge is 0.224 e. The molecule has 0 aromatic carbocycles. The maximum Gasteiger partial charge on any atom is 0.224 e. The molecule has 6 saturated heterocycles. The van der Waals surface area contributed by atoms with E-state index in [4.69, 9.17) is 52.1 Å². The maximum atomic E-state index is 11.5. The van der Waals surface area contributed by atoms with Crippen LogP contribution in [0.4, 0.5) is 0 Å². The fourth-order valence-corrected chi connectivity index (χ4v) is 8.66. The number of hydrogen-bond donors (Lipinski definition) is 20. The first kappa shape index (κ1) is 55.1. The van der Waals surface area contributed by atoms with E-state index in [1.807, 2.05) is 0 Å². The lowest BCUT2D eigenvalue weighted by molar-refractivity contribution is -0.407. The minimum absolute atomic E-state index is 0.885. The molecule has 31 heteroatoms. The number of aliphatic hydroxyl groups is 20. The summed E-state index contributed by atoms with van der Waals surface area (Å²) in [5.74, 6) is -14.0. The van der Waals surface area contributed by atoms with E-state index in [9.17, 15) is 102 Å². The molecule has 0 radical (unpaired) electrons. The zero-order valence-corrected chi connectivity index (χ0v) is 35.3. The summed E-state index contributed by atoms with van der Waals surface area (Å²) in [6.45, 7) is -12.4. The molecule has 6 rings (SSSR count). The van der Waals surface area contributed by atoms with Gasteiger partial charge in [0.1, 0.15) is 149 Å². The highest BCUT2D eigenvalue weighted by atomic mass is 16.8. The average molecular weight is 991 g/mol. The Morgan fingerprint density at radius 1 is 0.299 bits per heavy atom. The molecule has 0 unspecified atom stereocenters. The van der Waals surface area contributed by atoms with Crippen molar-refractivity contribution in [3.05, 3.63) is 0 Å². The first-order valence-corrected chi connectivity index (χ1v) is 21.0. The molecule has 0 aromatic rings. The molecule has 6 aliphatic rings. The molecule has 392 valence electrons. The monoisotopic (exact) mass is 990 g/mol. The Labute approximate surface area is 378 Å². The molecule has 0 aromatic heterocycles. The van der Waals surface area contributed by atoms with Gasteiger partial charge in [0.05, 0.1) is 39.6 Å². The van der Waals surface area contributed by atoms with E-state index in [-0.39, 0.29) is 0 Å². The molecule has 6 fully saturated rings. The van der Waals surface area contributed by atoms with E-state index < -0.39 is 224 Å². The van der Waals surface area contributed by atoms with Gasteiger partial charge in [0.15, 0.2) is 6.29 Å². The van der Waals surface area contributed by atoms with Gasteiger partial charge in [0.2, 0.25) is 28.9 Å². The van der Waals surface area contributed by atoms with Crippen LogP contribution >= 0.6 is 0 Å². The molecule has 6 aliphatic heterocycles. The van der Waals surface area contributed by atoms with Crippen molar-refractivity contribution in [3.63, 3.8) is 0 Å². The van der Waals surface area contributed by atoms with E-state index in [1.165, 1.54) is 0 Å². The predicted molar refractivity (Wildman–Crippen MR) is 199 cm³/mol. The third kappa shape index (κ3) is 9.75. The van der Waals surface area contributed by atoms with Crippen LogP contribution in [0.3, 0.4) is 0 Å². The summed E-state index contributed by atoms with van der Waals surface area (Å²) in [6, 6.07) is 0. The number of rotatable bonds is 21. The van der Waals surface area contributed by atoms with E-state index in [2.05, 4.69) is 0 Å². The average Bonchev–Trinajstić information content (AvgIpc) is 4.00. The molecule has 0 amide bonds. The van der Waals surface area contributed by atoms with Gasteiger partial charge in [0.25, 0.3) is 0 Å². The summed E-state index contributed by atoms with van der Waals surface area (Å²) in [5, 5.41) is 211. The summed E-state index contributed by atoms with van der Waals surface area (Å²) < 4.78 is 62.6. The predicted octanol–water partition coefficient (Wildman–Crippen LogP) is -14.1. The largest absolute Gasteiger partial charge is 0.394 e. The Balaban J connectivity index is 1.33. The highest BCUT2D eigenvalue weighted by Gasteiger charge is 2.66. The van der Waals surface area contributed by atoms with Crippen molar-refractivity contribution in [1.82, 2.24) is 0 Å². The van der Waals surface area contributed by atoms with Crippen LogP contribution in [0.1, 0.15) is 0 Å². The summed E-state index contributed by atoms with van der Waals surface area (Å²) in [4.78, 5) is 0. The van der Waals surface area contributed by atoms with E-state index in [0.717, 1.165) is 0 Å². The van der Waals surface area contributed by atoms with Crippen molar-refractivity contribution in [2.45, 2.75) is 151 Å². The molecular weight excluding hydrogens is 928 g/mol. The van der Waals surface area contributed by atoms with Crippen LogP contribution in [0.2, 0.25) is 0 Å². The summed E-state index contributed by atoms with van der Waals surface area (Å²) in [6.07, 6.45) is -39.7. The second-order valence-electron chi connectivity index (χ2n) is 17.1. The van der Waals surface area contributed by atoms with Crippen molar-refractivity contribution in [1.29, 1.82) is 0 Å². The van der Waals surface area contributed by atoms with Gasteiger partial charge in [-0.2, -0.15) is 0 Å². The molecule has 0 spiro atoms. The molecule has 25 atom stereocenters. The molecule has 67 heavy (non-hydrogen) atoms. The fraction of sp³-hybridized carbons (Fsp3) is 1.00. The molecule has 6 heterocycles. The van der Waals surface area contributed by atoms with Gasteiger partial charge in [-0.3, -0.25) is 0 Å². The summed E-state index contributed by atoms with van der Waals surface area (Å²) >= 11 is 0. The van der Waals surface area contributed by atoms with Gasteiger partial charge < -0.3 is 154 Å². The molecule has 0 saturated carbocycles. The Morgan fingerprint density at radius 3 is 0.881 bits per heavy atom. The second kappa shape index (κ2) is 21.5. The van der Waals surface area contributed by atoms with Crippen LogP contribution in [-0.2, 0) is 52.1 Å². The third-order valence-electron chi connectivity index (χ3n) is 12.9. The van der Waals surface area contributed by atoms with Crippen LogP contribution in [-0.4, -0.2) is 326 Å². The van der Waals surface area contributed by atoms with E-state index >= 15 is 0 Å². The third-order valence-corrected chi connectivity index (χ3v) is 12.9. The lowest BCUT2D eigenvalue weighted by atomic mass is 9.99. The van der Waals surface area contributed by atoms with Crippen LogP contribution in [0, 0.1) is 0 Å². The zero-order chi connectivity index (χ0) is 49.6. The number of hydrogen-bond acceptors (Lipinski definition) is 31. The second-order valence-corrected chi connectivity index (χ2v) is 17.1. The number of ether oxygens (including phenoxy) is 11. The lowest BCUT2D eigenvalue weighted by Crippen LogP contribution is -2.64. The normalized spacial score (nSPS) is 52.5. The lowest BCUT2D eigenvalue weighted by Gasteiger charge is -2.45. The first-order chi connectivity index (χ1) is 31.6. The fourth-order valence-electron chi connectivity index (χ4n) is 8.66. The Kier molecular flexibility index (Phi) is 17.6. The summed E-state index contributed by atoms with van der Waals surface area (Å²) in [7, 11) is 0. The Bertz CT molecular complexity index is 1590. The van der Waals surface area contributed by atoms with Crippen LogP contribution in [0.15, 0.2) is 0 Å². The van der Waals surface area contributed by atoms with E-state index in [0.29, 0.717) is 0 Å². The Hall–Kier alpha value is -1.24. The van der Waals surface area contributed by atoms with Gasteiger partial charge in [-0.15, -0.1) is 0 Å². The highest BCUT2D eigenvalue weighted by molar-refractivity contribution is 5.05. The van der Waals surface area contributed by atoms with Crippen LogP contribution in [0.25, 0.3) is 0 Å². The van der Waals surface area contributed by atoms with Gasteiger partial charge in [0, 0.05) is 0 Å². The minimum Gasteiger partial charge on any atom is -0.394 e. The highest BCUT2D eigenvalue weighted by Crippen LogP contribution is 2.44. The SMILES string of the molecule is OC[C@H]1O[C@@](CO)(OC[C@@]2(OC[C@@]3(OC[C@@]4(OC[C@@]5(O[C@H]6O[C@H](CO)[C@@H](O)[C@H](O)[C@H]6O)O[C@H](CO)[C@@H](O)[C@@H]5O)O[C@H](CO)[C@@H](O)[C@@H]4O)O[C@H](CO)[C@@H](O)[C@@H]3O)O[C@H](CO)[C@@H](O)[C@@H]2O)[C@@H](O)[C@@H]1O. The quantitative estimate of drug-likeness (QED) is 0.0508. The topological polar surface area (TPSA) is 506 Å². The minimum atomic E-state index is -2.90. The van der Waals surface area contributed by atoms with Gasteiger partial charge in [-0.05, 0) is 0 Å². The van der Waals surface area contributed by atoms with Crippen molar-refractivity contribution in [2.24, 2.45) is 0 Å².